The van der Waals surface area contributed by atoms with Crippen molar-refractivity contribution in [3.8, 4) is 23.1 Å². The van der Waals surface area contributed by atoms with Gasteiger partial charge in [-0.05, 0) is 56.0 Å². The summed E-state index contributed by atoms with van der Waals surface area (Å²) in [6.45, 7) is 0. The SMILES string of the molecule is N#Cc1cc(O[C@@H]2C[C@H]3CC[C@@H](C2)N3)cc(-c2ncccc2C(F)(F)F)c1. The highest BCUT2D eigenvalue weighted by atomic mass is 19.4. The van der Waals surface area contributed by atoms with E-state index in [9.17, 15) is 18.4 Å². The van der Waals surface area contributed by atoms with Crippen LogP contribution >= 0.6 is 0 Å². The Morgan fingerprint density at radius 1 is 1.15 bits per heavy atom. The van der Waals surface area contributed by atoms with E-state index >= 15 is 0 Å². The molecule has 4 nitrogen and oxygen atoms in total. The highest BCUT2D eigenvalue weighted by Gasteiger charge is 2.36. The summed E-state index contributed by atoms with van der Waals surface area (Å²) < 4.78 is 46.1. The zero-order valence-electron chi connectivity index (χ0n) is 14.5. The van der Waals surface area contributed by atoms with Gasteiger partial charge in [0.25, 0.3) is 0 Å². The smallest absolute Gasteiger partial charge is 0.418 e. The first-order valence-electron chi connectivity index (χ1n) is 8.93. The monoisotopic (exact) mass is 373 g/mol. The Morgan fingerprint density at radius 3 is 2.56 bits per heavy atom. The van der Waals surface area contributed by atoms with E-state index in [0.29, 0.717) is 17.8 Å². The Bertz CT molecular complexity index is 879. The molecule has 2 fully saturated rings. The van der Waals surface area contributed by atoms with Gasteiger partial charge in [0.05, 0.1) is 22.9 Å². The number of hydrogen-bond donors (Lipinski definition) is 1. The maximum absolute atomic E-state index is 13.3. The van der Waals surface area contributed by atoms with Gasteiger partial charge >= 0.3 is 6.18 Å². The van der Waals surface area contributed by atoms with E-state index in [-0.39, 0.29) is 22.9 Å². The first-order valence-corrected chi connectivity index (χ1v) is 8.93. The summed E-state index contributed by atoms with van der Waals surface area (Å²) in [5.41, 5.74) is -0.546. The molecule has 2 aliphatic heterocycles. The third-order valence-electron chi connectivity index (χ3n) is 5.15. The van der Waals surface area contributed by atoms with Crippen molar-refractivity contribution in [3.05, 3.63) is 47.7 Å². The Morgan fingerprint density at radius 2 is 1.89 bits per heavy atom. The van der Waals surface area contributed by atoms with Crippen LogP contribution in [-0.2, 0) is 6.18 Å². The first-order chi connectivity index (χ1) is 12.9. The van der Waals surface area contributed by atoms with Gasteiger partial charge in [-0.15, -0.1) is 0 Å². The van der Waals surface area contributed by atoms with Gasteiger partial charge in [0, 0.05) is 23.8 Å². The average molecular weight is 373 g/mol. The molecule has 1 N–H and O–H groups in total. The van der Waals surface area contributed by atoms with Crippen molar-refractivity contribution in [2.24, 2.45) is 0 Å². The highest BCUT2D eigenvalue weighted by molar-refractivity contribution is 5.67. The number of fused-ring (bicyclic) bond motifs is 2. The van der Waals surface area contributed by atoms with Crippen LogP contribution in [0.25, 0.3) is 11.3 Å². The molecule has 4 rings (SSSR count). The molecule has 0 aliphatic carbocycles. The molecule has 0 unspecified atom stereocenters. The number of alkyl halides is 3. The van der Waals surface area contributed by atoms with Crippen molar-refractivity contribution in [2.45, 2.75) is 50.0 Å². The Labute approximate surface area is 155 Å². The lowest BCUT2D eigenvalue weighted by molar-refractivity contribution is -0.137. The number of nitrogens with one attached hydrogen (secondary N) is 1. The minimum absolute atomic E-state index is 0.00337. The highest BCUT2D eigenvalue weighted by Crippen LogP contribution is 2.37. The van der Waals surface area contributed by atoms with Gasteiger partial charge in [0.15, 0.2) is 0 Å². The molecule has 0 radical (unpaired) electrons. The second-order valence-corrected chi connectivity index (χ2v) is 7.10. The summed E-state index contributed by atoms with van der Waals surface area (Å²) in [4.78, 5) is 3.92. The summed E-state index contributed by atoms with van der Waals surface area (Å²) in [5, 5.41) is 12.8. The molecule has 2 aliphatic rings. The fourth-order valence-electron chi connectivity index (χ4n) is 4.03. The molecule has 27 heavy (non-hydrogen) atoms. The van der Waals surface area contributed by atoms with E-state index in [0.717, 1.165) is 31.7 Å². The van der Waals surface area contributed by atoms with E-state index < -0.39 is 11.7 Å². The normalized spacial score (nSPS) is 24.4. The summed E-state index contributed by atoms with van der Waals surface area (Å²) >= 11 is 0. The molecule has 3 heterocycles. The second kappa shape index (κ2) is 6.86. The maximum Gasteiger partial charge on any atom is 0.418 e. The molecule has 1 aromatic heterocycles. The van der Waals surface area contributed by atoms with Crippen LogP contribution in [0.5, 0.6) is 5.75 Å². The summed E-state index contributed by atoms with van der Waals surface area (Å²) in [6.07, 6.45) is 0.751. The van der Waals surface area contributed by atoms with Crippen molar-refractivity contribution in [1.82, 2.24) is 10.3 Å². The number of pyridine rings is 1. The number of halogens is 3. The molecule has 0 saturated carbocycles. The van der Waals surface area contributed by atoms with Gasteiger partial charge < -0.3 is 10.1 Å². The Balaban J connectivity index is 1.67. The lowest BCUT2D eigenvalue weighted by Gasteiger charge is -2.29. The lowest BCUT2D eigenvalue weighted by atomic mass is 10.0. The van der Waals surface area contributed by atoms with Gasteiger partial charge in [-0.3, -0.25) is 4.98 Å². The molecule has 7 heteroatoms. The number of rotatable bonds is 3. The van der Waals surface area contributed by atoms with Crippen molar-refractivity contribution in [3.63, 3.8) is 0 Å². The number of nitrogens with zero attached hydrogens (tertiary/aromatic N) is 2. The van der Waals surface area contributed by atoms with Crippen molar-refractivity contribution in [1.29, 1.82) is 5.26 Å². The maximum atomic E-state index is 13.3. The largest absolute Gasteiger partial charge is 0.490 e. The van der Waals surface area contributed by atoms with Crippen LogP contribution in [0.1, 0.15) is 36.8 Å². The van der Waals surface area contributed by atoms with E-state index in [1.807, 2.05) is 6.07 Å². The molecule has 0 amide bonds. The molecule has 2 saturated heterocycles. The van der Waals surface area contributed by atoms with Crippen LogP contribution in [0.3, 0.4) is 0 Å². The summed E-state index contributed by atoms with van der Waals surface area (Å²) in [5.74, 6) is 0.411. The molecule has 3 atom stereocenters. The molecular weight excluding hydrogens is 355 g/mol. The van der Waals surface area contributed by atoms with Gasteiger partial charge in [-0.1, -0.05) is 0 Å². The van der Waals surface area contributed by atoms with Crippen LogP contribution in [0, 0.1) is 11.3 Å². The van der Waals surface area contributed by atoms with E-state index in [1.54, 1.807) is 12.1 Å². The van der Waals surface area contributed by atoms with E-state index in [4.69, 9.17) is 4.74 Å². The third kappa shape index (κ3) is 3.76. The molecule has 2 bridgehead atoms. The number of nitriles is 1. The van der Waals surface area contributed by atoms with E-state index in [1.165, 1.54) is 18.3 Å². The fraction of sp³-hybridized carbons (Fsp3) is 0.400. The molecule has 140 valence electrons. The Kier molecular flexibility index (Phi) is 4.52. The number of piperidine rings is 1. The summed E-state index contributed by atoms with van der Waals surface area (Å²) in [7, 11) is 0. The summed E-state index contributed by atoms with van der Waals surface area (Å²) in [6, 6.07) is 9.64. The predicted octanol–water partition coefficient (Wildman–Crippen LogP) is 4.30. The van der Waals surface area contributed by atoms with Gasteiger partial charge in [0.2, 0.25) is 0 Å². The Hall–Kier alpha value is -2.59. The van der Waals surface area contributed by atoms with Gasteiger partial charge in [-0.2, -0.15) is 18.4 Å². The first kappa shape index (κ1) is 17.8. The fourth-order valence-corrected chi connectivity index (χ4v) is 4.03. The quantitative estimate of drug-likeness (QED) is 0.872. The number of ether oxygens (including phenoxy) is 1. The zero-order valence-corrected chi connectivity index (χ0v) is 14.5. The lowest BCUT2D eigenvalue weighted by Crippen LogP contribution is -2.42. The number of benzene rings is 1. The van der Waals surface area contributed by atoms with Crippen LogP contribution in [-0.4, -0.2) is 23.2 Å². The van der Waals surface area contributed by atoms with Crippen LogP contribution in [0.4, 0.5) is 13.2 Å². The molecule has 2 aromatic rings. The zero-order chi connectivity index (χ0) is 19.0. The predicted molar refractivity (Wildman–Crippen MR) is 93.0 cm³/mol. The second-order valence-electron chi connectivity index (χ2n) is 7.10. The minimum atomic E-state index is -4.53. The molecular formula is C20H18F3N3O. The number of hydrogen-bond acceptors (Lipinski definition) is 4. The van der Waals surface area contributed by atoms with Crippen LogP contribution in [0.2, 0.25) is 0 Å². The molecule has 0 spiro atoms. The average Bonchev–Trinajstić information content (AvgIpc) is 2.99. The third-order valence-corrected chi connectivity index (χ3v) is 5.15. The van der Waals surface area contributed by atoms with Crippen LogP contribution in [0.15, 0.2) is 36.5 Å². The van der Waals surface area contributed by atoms with Gasteiger partial charge in [-0.25, -0.2) is 0 Å². The van der Waals surface area contributed by atoms with Crippen LogP contribution < -0.4 is 10.1 Å². The number of aromatic nitrogens is 1. The van der Waals surface area contributed by atoms with Crippen molar-refractivity contribution >= 4 is 0 Å². The standard InChI is InChI=1S/C20H18F3N3O/c21-20(22,23)18-2-1-5-25-19(18)13-6-12(11-24)7-16(8-13)27-17-9-14-3-4-15(10-17)26-14/h1-2,5-8,14-15,17,26H,3-4,9-10H2/t14-,15+,17-. The van der Waals surface area contributed by atoms with Crippen molar-refractivity contribution < 1.29 is 17.9 Å². The minimum Gasteiger partial charge on any atom is -0.490 e. The van der Waals surface area contributed by atoms with Crippen molar-refractivity contribution in [2.75, 3.05) is 0 Å². The topological polar surface area (TPSA) is 57.9 Å². The van der Waals surface area contributed by atoms with E-state index in [2.05, 4.69) is 10.3 Å². The van der Waals surface area contributed by atoms with Gasteiger partial charge in [0.1, 0.15) is 11.9 Å². The molecule has 1 aromatic carbocycles.